The van der Waals surface area contributed by atoms with Crippen LogP contribution in [-0.4, -0.2) is 11.1 Å². The van der Waals surface area contributed by atoms with Crippen molar-refractivity contribution in [2.45, 2.75) is 77.6 Å². The fourth-order valence-electron chi connectivity index (χ4n) is 2.44. The molecule has 160 valence electrons. The lowest BCUT2D eigenvalue weighted by Crippen LogP contribution is -1.93. The third-order valence-electron chi connectivity index (χ3n) is 4.26. The van der Waals surface area contributed by atoms with Crippen LogP contribution in [-0.2, 0) is 4.79 Å². The van der Waals surface area contributed by atoms with Crippen molar-refractivity contribution in [2.24, 2.45) is 0 Å². The van der Waals surface area contributed by atoms with E-state index in [1.54, 1.807) is 0 Å². The molecule has 0 radical (unpaired) electrons. The van der Waals surface area contributed by atoms with E-state index < -0.39 is 5.97 Å². The van der Waals surface area contributed by atoms with Gasteiger partial charge >= 0.3 is 5.97 Å². The Labute approximate surface area is 178 Å². The molecule has 0 heterocycles. The highest BCUT2D eigenvalue weighted by Crippen LogP contribution is 2.04. The molecular weight excluding hydrogens is 356 g/mol. The number of carboxylic acid groups (broad SMARTS) is 1. The minimum atomic E-state index is -0.693. The van der Waals surface area contributed by atoms with Gasteiger partial charge in [0.15, 0.2) is 0 Å². The summed E-state index contributed by atoms with van der Waals surface area (Å²) in [6.07, 6.45) is 36.3. The Morgan fingerprint density at radius 1 is 0.690 bits per heavy atom. The number of carboxylic acids is 1. The molecule has 0 unspecified atom stereocenters. The second kappa shape index (κ2) is 21.9. The van der Waals surface area contributed by atoms with E-state index in [9.17, 15) is 4.79 Å². The van der Waals surface area contributed by atoms with Gasteiger partial charge in [-0.3, -0.25) is 4.79 Å². The smallest absolute Gasteiger partial charge is 0.303 e. The largest absolute Gasteiger partial charge is 0.481 e. The van der Waals surface area contributed by atoms with Gasteiger partial charge in [0, 0.05) is 6.42 Å². The summed E-state index contributed by atoms with van der Waals surface area (Å²) < 4.78 is 0. The summed E-state index contributed by atoms with van der Waals surface area (Å²) in [6.45, 7) is 6.07. The summed E-state index contributed by atoms with van der Waals surface area (Å²) in [5, 5.41) is 8.56. The lowest BCUT2D eigenvalue weighted by Gasteiger charge is -1.94. The molecule has 0 aliphatic carbocycles. The lowest BCUT2D eigenvalue weighted by atomic mass is 10.1. The standard InChI is InChI=1S/C27H40O2/c1-3-26(2)24-22-20-18-16-14-12-10-8-6-4-5-7-9-11-13-15-17-19-21-23-25-27(28)29/h4,6-7,9-10,12-13,15-16,18,22,24H,2-3,5,8,11,14,17,19-21,23,25H2,1H3,(H,28,29)/b6-4-,9-7-,12-10-,15-13-,18-16+,24-22-. The molecule has 0 rings (SSSR count). The number of hydrogen-bond acceptors (Lipinski definition) is 1. The first-order valence-corrected chi connectivity index (χ1v) is 11.0. The summed E-state index contributed by atoms with van der Waals surface area (Å²) in [7, 11) is 0. The number of aliphatic carboxylic acids is 1. The zero-order valence-corrected chi connectivity index (χ0v) is 18.3. The van der Waals surface area contributed by atoms with Crippen molar-refractivity contribution in [1.29, 1.82) is 0 Å². The van der Waals surface area contributed by atoms with Gasteiger partial charge in [-0.05, 0) is 57.8 Å². The van der Waals surface area contributed by atoms with Crippen molar-refractivity contribution in [3.8, 4) is 0 Å². The second-order valence-electron chi connectivity index (χ2n) is 6.94. The molecule has 0 aliphatic rings. The fraction of sp³-hybridized carbons (Fsp3) is 0.444. The number of rotatable bonds is 18. The first kappa shape index (κ1) is 26.6. The van der Waals surface area contributed by atoms with Crippen LogP contribution >= 0.6 is 0 Å². The Hall–Kier alpha value is -2.35. The van der Waals surface area contributed by atoms with Gasteiger partial charge in [0.05, 0.1) is 0 Å². The maximum absolute atomic E-state index is 10.4. The third-order valence-corrected chi connectivity index (χ3v) is 4.26. The molecule has 1 N–H and O–H groups in total. The van der Waals surface area contributed by atoms with Crippen LogP contribution in [0.1, 0.15) is 77.6 Å². The average molecular weight is 397 g/mol. The Balaban J connectivity index is 3.53. The molecule has 0 atom stereocenters. The van der Waals surface area contributed by atoms with Gasteiger partial charge in [-0.2, -0.15) is 0 Å². The van der Waals surface area contributed by atoms with E-state index in [0.717, 1.165) is 64.2 Å². The zero-order chi connectivity index (χ0) is 21.4. The average Bonchev–Trinajstić information content (AvgIpc) is 2.71. The minimum absolute atomic E-state index is 0.293. The molecule has 0 aromatic rings. The molecule has 2 heteroatoms. The first-order valence-electron chi connectivity index (χ1n) is 11.0. The van der Waals surface area contributed by atoms with Gasteiger partial charge in [0.2, 0.25) is 0 Å². The van der Waals surface area contributed by atoms with Crippen LogP contribution < -0.4 is 0 Å². The predicted octanol–water partition coefficient (Wildman–Crippen LogP) is 8.28. The van der Waals surface area contributed by atoms with E-state index in [-0.39, 0.29) is 0 Å². The number of unbranched alkanes of at least 4 members (excludes halogenated alkanes) is 3. The molecule has 0 saturated carbocycles. The maximum Gasteiger partial charge on any atom is 0.303 e. The van der Waals surface area contributed by atoms with Gasteiger partial charge in [0.1, 0.15) is 0 Å². The van der Waals surface area contributed by atoms with Gasteiger partial charge in [-0.25, -0.2) is 0 Å². The first-order chi connectivity index (χ1) is 14.2. The van der Waals surface area contributed by atoms with E-state index in [0.29, 0.717) is 6.42 Å². The summed E-state index contributed by atoms with van der Waals surface area (Å²) in [5.41, 5.74) is 1.18. The molecule has 2 nitrogen and oxygen atoms in total. The van der Waals surface area contributed by atoms with Gasteiger partial charge < -0.3 is 5.11 Å². The van der Waals surface area contributed by atoms with E-state index in [1.165, 1.54) is 5.57 Å². The van der Waals surface area contributed by atoms with Crippen LogP contribution in [0.5, 0.6) is 0 Å². The highest BCUT2D eigenvalue weighted by molar-refractivity contribution is 5.66. The van der Waals surface area contributed by atoms with Crippen LogP contribution in [0.25, 0.3) is 0 Å². The SMILES string of the molecule is C=C(/C=C\C/C=C/C/C=C\C/C=C\C/C=C\C/C=C\CCCCCC(=O)O)CC. The quantitative estimate of drug-likeness (QED) is 0.144. The number of allylic oxidation sites excluding steroid dienone is 13. The molecule has 0 spiro atoms. The predicted molar refractivity (Wildman–Crippen MR) is 128 cm³/mol. The molecule has 0 saturated heterocycles. The molecular formula is C27H40O2. The minimum Gasteiger partial charge on any atom is -0.481 e. The van der Waals surface area contributed by atoms with Crippen molar-refractivity contribution >= 4 is 5.97 Å². The monoisotopic (exact) mass is 396 g/mol. The van der Waals surface area contributed by atoms with E-state index in [2.05, 4.69) is 86.4 Å². The Kier molecular flexibility index (Phi) is 20.2. The second-order valence-corrected chi connectivity index (χ2v) is 6.94. The Bertz CT molecular complexity index is 586. The third kappa shape index (κ3) is 23.6. The summed E-state index contributed by atoms with van der Waals surface area (Å²) >= 11 is 0. The normalized spacial score (nSPS) is 12.7. The molecule has 0 bridgehead atoms. The maximum atomic E-state index is 10.4. The van der Waals surface area contributed by atoms with Crippen molar-refractivity contribution in [2.75, 3.05) is 0 Å². The molecule has 29 heavy (non-hydrogen) atoms. The topological polar surface area (TPSA) is 37.3 Å². The van der Waals surface area contributed by atoms with Crippen LogP contribution in [0.3, 0.4) is 0 Å². The summed E-state index contributed by atoms with van der Waals surface area (Å²) in [6, 6.07) is 0. The van der Waals surface area contributed by atoms with E-state index in [4.69, 9.17) is 5.11 Å². The van der Waals surface area contributed by atoms with E-state index >= 15 is 0 Å². The molecule has 0 aromatic carbocycles. The van der Waals surface area contributed by atoms with Crippen molar-refractivity contribution in [1.82, 2.24) is 0 Å². The van der Waals surface area contributed by atoms with Crippen molar-refractivity contribution in [3.05, 3.63) is 85.1 Å². The number of carbonyl (C=O) groups is 1. The van der Waals surface area contributed by atoms with Crippen molar-refractivity contribution < 1.29 is 9.90 Å². The van der Waals surface area contributed by atoms with E-state index in [1.807, 2.05) is 0 Å². The fourth-order valence-corrected chi connectivity index (χ4v) is 2.44. The highest BCUT2D eigenvalue weighted by Gasteiger charge is 1.94. The van der Waals surface area contributed by atoms with Crippen LogP contribution in [0.2, 0.25) is 0 Å². The molecule has 0 aliphatic heterocycles. The van der Waals surface area contributed by atoms with Crippen molar-refractivity contribution in [3.63, 3.8) is 0 Å². The van der Waals surface area contributed by atoms with Gasteiger partial charge in [-0.1, -0.05) is 98.4 Å². The van der Waals surface area contributed by atoms with Crippen LogP contribution in [0.15, 0.2) is 85.1 Å². The molecule has 0 amide bonds. The zero-order valence-electron chi connectivity index (χ0n) is 18.3. The van der Waals surface area contributed by atoms with Gasteiger partial charge in [0.25, 0.3) is 0 Å². The van der Waals surface area contributed by atoms with Crippen LogP contribution in [0, 0.1) is 0 Å². The Morgan fingerprint density at radius 2 is 1.14 bits per heavy atom. The summed E-state index contributed by atoms with van der Waals surface area (Å²) in [4.78, 5) is 10.4. The molecule has 0 aromatic heterocycles. The highest BCUT2D eigenvalue weighted by atomic mass is 16.4. The lowest BCUT2D eigenvalue weighted by molar-refractivity contribution is -0.137. The molecule has 0 fully saturated rings. The summed E-state index contributed by atoms with van der Waals surface area (Å²) in [5.74, 6) is -0.693. The Morgan fingerprint density at radius 3 is 1.59 bits per heavy atom. The van der Waals surface area contributed by atoms with Crippen LogP contribution in [0.4, 0.5) is 0 Å². The van der Waals surface area contributed by atoms with Gasteiger partial charge in [-0.15, -0.1) is 0 Å². The number of hydrogen-bond donors (Lipinski definition) is 1.